The number of benzene rings is 1. The highest BCUT2D eigenvalue weighted by Crippen LogP contribution is 2.09. The molecule has 0 atom stereocenters. The van der Waals surface area contributed by atoms with Crippen LogP contribution in [0.15, 0.2) is 48.5 Å². The molecule has 6 nitrogen and oxygen atoms in total. The molecule has 27 heavy (non-hydrogen) atoms. The van der Waals surface area contributed by atoms with E-state index in [-0.39, 0.29) is 5.69 Å². The number of hydrogen-bond donors (Lipinski definition) is 2. The number of aromatic nitrogens is 1. The molecule has 0 unspecified atom stereocenters. The van der Waals surface area contributed by atoms with E-state index in [0.29, 0.717) is 5.82 Å². The number of carboxylic acids is 1. The van der Waals surface area contributed by atoms with Gasteiger partial charge in [0.1, 0.15) is 5.82 Å². The standard InChI is InChI=1S/C21H28N4O2/c26-21(27)19-9-6-10-20(23-19)22-11-4-5-12-24-13-15-25(16-14-24)17-18-7-2-1-3-8-18/h1-3,6-10H,4-5,11-17H2,(H,22,23)(H,26,27). The molecule has 0 aliphatic carbocycles. The number of rotatable bonds is 9. The lowest BCUT2D eigenvalue weighted by molar-refractivity contribution is 0.0690. The average molecular weight is 368 g/mol. The van der Waals surface area contributed by atoms with Gasteiger partial charge >= 0.3 is 5.97 Å². The van der Waals surface area contributed by atoms with Crippen LogP contribution in [0.3, 0.4) is 0 Å². The van der Waals surface area contributed by atoms with Crippen LogP contribution in [0, 0.1) is 0 Å². The first-order valence-electron chi connectivity index (χ1n) is 9.63. The summed E-state index contributed by atoms with van der Waals surface area (Å²) >= 11 is 0. The summed E-state index contributed by atoms with van der Waals surface area (Å²) in [6.45, 7) is 7.47. The molecule has 0 amide bonds. The largest absolute Gasteiger partial charge is 0.477 e. The third-order valence-electron chi connectivity index (χ3n) is 4.89. The Labute approximate surface area is 160 Å². The van der Waals surface area contributed by atoms with Gasteiger partial charge in [-0.05, 0) is 37.1 Å². The number of piperazine rings is 1. The van der Waals surface area contributed by atoms with Gasteiger partial charge in [-0.1, -0.05) is 36.4 Å². The summed E-state index contributed by atoms with van der Waals surface area (Å²) in [5.41, 5.74) is 1.46. The molecule has 6 heteroatoms. The van der Waals surface area contributed by atoms with Gasteiger partial charge in [0.2, 0.25) is 0 Å². The Morgan fingerprint density at radius 3 is 2.44 bits per heavy atom. The number of anilines is 1. The fourth-order valence-corrected chi connectivity index (χ4v) is 3.34. The van der Waals surface area contributed by atoms with E-state index in [1.165, 1.54) is 11.6 Å². The molecule has 0 saturated carbocycles. The van der Waals surface area contributed by atoms with Gasteiger partial charge in [-0.2, -0.15) is 0 Å². The van der Waals surface area contributed by atoms with Gasteiger partial charge in [0.15, 0.2) is 5.69 Å². The zero-order valence-corrected chi connectivity index (χ0v) is 15.7. The van der Waals surface area contributed by atoms with Crippen LogP contribution >= 0.6 is 0 Å². The van der Waals surface area contributed by atoms with Crippen molar-refractivity contribution < 1.29 is 9.90 Å². The van der Waals surface area contributed by atoms with E-state index in [4.69, 9.17) is 5.11 Å². The van der Waals surface area contributed by atoms with E-state index in [1.807, 2.05) is 0 Å². The smallest absolute Gasteiger partial charge is 0.354 e. The Hall–Kier alpha value is -2.44. The number of nitrogens with one attached hydrogen (secondary N) is 1. The third-order valence-corrected chi connectivity index (χ3v) is 4.89. The molecule has 144 valence electrons. The summed E-state index contributed by atoms with van der Waals surface area (Å²) < 4.78 is 0. The van der Waals surface area contributed by atoms with Crippen molar-refractivity contribution >= 4 is 11.8 Å². The van der Waals surface area contributed by atoms with Crippen molar-refractivity contribution in [2.75, 3.05) is 44.6 Å². The highest BCUT2D eigenvalue weighted by Gasteiger charge is 2.16. The predicted octanol–water partition coefficient (Wildman–Crippen LogP) is 2.79. The number of carboxylic acid groups (broad SMARTS) is 1. The molecule has 2 N–H and O–H groups in total. The summed E-state index contributed by atoms with van der Waals surface area (Å²) in [4.78, 5) is 20.1. The van der Waals surface area contributed by atoms with Gasteiger partial charge in [0.25, 0.3) is 0 Å². The average Bonchev–Trinajstić information content (AvgIpc) is 2.70. The topological polar surface area (TPSA) is 68.7 Å². The first-order valence-corrected chi connectivity index (χ1v) is 9.63. The zero-order valence-electron chi connectivity index (χ0n) is 15.7. The molecule has 1 saturated heterocycles. The molecule has 1 aromatic heterocycles. The molecule has 0 bridgehead atoms. The first kappa shape index (κ1) is 19.3. The van der Waals surface area contributed by atoms with Gasteiger partial charge in [-0.3, -0.25) is 4.90 Å². The van der Waals surface area contributed by atoms with Crippen LogP contribution in [0.25, 0.3) is 0 Å². The second kappa shape index (κ2) is 10.0. The summed E-state index contributed by atoms with van der Waals surface area (Å²) in [7, 11) is 0. The number of nitrogens with zero attached hydrogens (tertiary/aromatic N) is 3. The Balaban J connectivity index is 1.28. The number of pyridine rings is 1. The molecule has 0 spiro atoms. The normalized spacial score (nSPS) is 15.6. The number of aromatic carboxylic acids is 1. The van der Waals surface area contributed by atoms with Gasteiger partial charge in [-0.25, -0.2) is 9.78 Å². The molecular formula is C21H28N4O2. The van der Waals surface area contributed by atoms with Crippen molar-refractivity contribution in [3.8, 4) is 0 Å². The summed E-state index contributed by atoms with van der Waals surface area (Å²) in [5, 5.41) is 12.2. The van der Waals surface area contributed by atoms with Crippen molar-refractivity contribution in [1.29, 1.82) is 0 Å². The van der Waals surface area contributed by atoms with Crippen molar-refractivity contribution in [2.45, 2.75) is 19.4 Å². The molecular weight excluding hydrogens is 340 g/mol. The van der Waals surface area contributed by atoms with Crippen molar-refractivity contribution in [2.24, 2.45) is 0 Å². The highest BCUT2D eigenvalue weighted by atomic mass is 16.4. The Bertz CT molecular complexity index is 715. The maximum atomic E-state index is 10.9. The van der Waals surface area contributed by atoms with E-state index < -0.39 is 5.97 Å². The number of hydrogen-bond acceptors (Lipinski definition) is 5. The van der Waals surface area contributed by atoms with E-state index in [2.05, 4.69) is 50.4 Å². The Morgan fingerprint density at radius 2 is 1.70 bits per heavy atom. The molecule has 1 aliphatic rings. The van der Waals surface area contributed by atoms with Crippen LogP contribution in [-0.4, -0.2) is 65.1 Å². The van der Waals surface area contributed by atoms with Crippen LogP contribution in [-0.2, 0) is 6.54 Å². The van der Waals surface area contributed by atoms with Crippen LogP contribution in [0.4, 0.5) is 5.82 Å². The maximum Gasteiger partial charge on any atom is 0.354 e. The van der Waals surface area contributed by atoms with E-state index in [0.717, 1.165) is 58.7 Å². The molecule has 1 aliphatic heterocycles. The van der Waals surface area contributed by atoms with Crippen LogP contribution in [0.2, 0.25) is 0 Å². The lowest BCUT2D eigenvalue weighted by Crippen LogP contribution is -2.46. The van der Waals surface area contributed by atoms with Crippen LogP contribution in [0.5, 0.6) is 0 Å². The molecule has 2 aromatic rings. The maximum absolute atomic E-state index is 10.9. The molecule has 1 aromatic carbocycles. The van der Waals surface area contributed by atoms with Gasteiger partial charge in [0, 0.05) is 39.3 Å². The fourth-order valence-electron chi connectivity index (χ4n) is 3.34. The van der Waals surface area contributed by atoms with E-state index >= 15 is 0 Å². The number of carbonyl (C=O) groups is 1. The molecule has 3 rings (SSSR count). The minimum atomic E-state index is -0.995. The number of unbranched alkanes of at least 4 members (excludes halogenated alkanes) is 1. The summed E-state index contributed by atoms with van der Waals surface area (Å²) in [6, 6.07) is 15.7. The summed E-state index contributed by atoms with van der Waals surface area (Å²) in [6.07, 6.45) is 2.17. The Morgan fingerprint density at radius 1 is 0.963 bits per heavy atom. The van der Waals surface area contributed by atoms with Crippen molar-refractivity contribution in [3.63, 3.8) is 0 Å². The van der Waals surface area contributed by atoms with Gasteiger partial charge in [-0.15, -0.1) is 0 Å². The third kappa shape index (κ3) is 6.34. The monoisotopic (exact) mass is 368 g/mol. The molecule has 1 fully saturated rings. The quantitative estimate of drug-likeness (QED) is 0.664. The zero-order chi connectivity index (χ0) is 18.9. The Kier molecular flexibility index (Phi) is 7.19. The van der Waals surface area contributed by atoms with Crippen molar-refractivity contribution in [1.82, 2.24) is 14.8 Å². The van der Waals surface area contributed by atoms with Crippen LogP contribution < -0.4 is 5.32 Å². The SMILES string of the molecule is O=C(O)c1cccc(NCCCCN2CCN(Cc3ccccc3)CC2)n1. The predicted molar refractivity (Wildman–Crippen MR) is 107 cm³/mol. The summed E-state index contributed by atoms with van der Waals surface area (Å²) in [5.74, 6) is -0.366. The lowest BCUT2D eigenvalue weighted by atomic mass is 10.2. The lowest BCUT2D eigenvalue weighted by Gasteiger charge is -2.34. The molecule has 2 heterocycles. The molecule has 0 radical (unpaired) electrons. The van der Waals surface area contributed by atoms with Gasteiger partial charge in [0.05, 0.1) is 0 Å². The van der Waals surface area contributed by atoms with Gasteiger partial charge < -0.3 is 15.3 Å². The first-order chi connectivity index (χ1) is 13.2. The highest BCUT2D eigenvalue weighted by molar-refractivity contribution is 5.85. The van der Waals surface area contributed by atoms with Crippen molar-refractivity contribution in [3.05, 3.63) is 59.8 Å². The van der Waals surface area contributed by atoms with E-state index in [1.54, 1.807) is 12.1 Å². The van der Waals surface area contributed by atoms with Crippen LogP contribution in [0.1, 0.15) is 28.9 Å². The second-order valence-corrected chi connectivity index (χ2v) is 6.95. The van der Waals surface area contributed by atoms with E-state index in [9.17, 15) is 4.79 Å². The minimum Gasteiger partial charge on any atom is -0.477 e. The minimum absolute atomic E-state index is 0.0772. The second-order valence-electron chi connectivity index (χ2n) is 6.95. The fraction of sp³-hybridized carbons (Fsp3) is 0.429.